The Balaban J connectivity index is 3.91. The van der Waals surface area contributed by atoms with Crippen LogP contribution in [-0.2, 0) is 10.1 Å². The van der Waals surface area contributed by atoms with Crippen LogP contribution >= 0.6 is 0 Å². The Morgan fingerprint density at radius 3 is 1.65 bits per heavy atom. The van der Waals surface area contributed by atoms with Gasteiger partial charge in [0.2, 0.25) is 0 Å². The quantitative estimate of drug-likeness (QED) is 0.510. The Morgan fingerprint density at radius 2 is 1.41 bits per heavy atom. The summed E-state index contributed by atoms with van der Waals surface area (Å²) in [6, 6.07) is 0. The minimum absolute atomic E-state index is 0.334. The van der Waals surface area contributed by atoms with E-state index in [-0.39, 0.29) is 5.57 Å². The maximum absolute atomic E-state index is 13.3. The van der Waals surface area contributed by atoms with Gasteiger partial charge in [0.1, 0.15) is 0 Å². The van der Waals surface area contributed by atoms with Crippen molar-refractivity contribution < 1.29 is 30.5 Å². The first-order valence-electron chi connectivity index (χ1n) is 4.08. The summed E-state index contributed by atoms with van der Waals surface area (Å²) < 4.78 is 82.6. The Bertz CT molecular complexity index is 578. The molecule has 0 fully saturated rings. The van der Waals surface area contributed by atoms with Gasteiger partial charge in [0, 0.05) is 0 Å². The lowest BCUT2D eigenvalue weighted by molar-refractivity contribution is 0.401. The van der Waals surface area contributed by atoms with Crippen LogP contribution in [0.1, 0.15) is 12.5 Å². The van der Waals surface area contributed by atoms with Gasteiger partial charge in [-0.3, -0.25) is 4.55 Å². The number of allylic oxidation sites excluding steroid dienone is 1. The third-order valence-electron chi connectivity index (χ3n) is 1.91. The van der Waals surface area contributed by atoms with Gasteiger partial charge in [-0.15, -0.1) is 0 Å². The first kappa shape index (κ1) is 13.7. The molecule has 0 aliphatic carbocycles. The summed E-state index contributed by atoms with van der Waals surface area (Å²) in [5.74, 6) is -8.23. The fourth-order valence-electron chi connectivity index (χ4n) is 1.21. The van der Waals surface area contributed by atoms with E-state index < -0.39 is 43.8 Å². The second kappa shape index (κ2) is 4.11. The highest BCUT2D eigenvalue weighted by molar-refractivity contribution is 7.85. The lowest BCUT2D eigenvalue weighted by Crippen LogP contribution is -2.12. The van der Waals surface area contributed by atoms with Gasteiger partial charge in [-0.25, -0.2) is 17.6 Å². The molecule has 1 aromatic carbocycles. The smallest absolute Gasteiger partial charge is 0.282 e. The van der Waals surface area contributed by atoms with E-state index in [0.717, 1.165) is 6.92 Å². The summed E-state index contributed by atoms with van der Waals surface area (Å²) in [4.78, 5) is -2.06. The molecule has 0 unspecified atom stereocenters. The van der Waals surface area contributed by atoms with Crippen LogP contribution in [0.4, 0.5) is 17.6 Å². The molecule has 0 radical (unpaired) electrons. The molecule has 0 saturated heterocycles. The van der Waals surface area contributed by atoms with Crippen molar-refractivity contribution in [2.45, 2.75) is 11.8 Å². The van der Waals surface area contributed by atoms with Crippen molar-refractivity contribution >= 4 is 15.7 Å². The lowest BCUT2D eigenvalue weighted by Gasteiger charge is -2.09. The number of benzene rings is 1. The van der Waals surface area contributed by atoms with E-state index in [1.165, 1.54) is 0 Å². The molecule has 0 saturated carbocycles. The Labute approximate surface area is 94.1 Å². The topological polar surface area (TPSA) is 54.4 Å². The van der Waals surface area contributed by atoms with Crippen LogP contribution in [-0.4, -0.2) is 13.0 Å². The maximum atomic E-state index is 13.3. The van der Waals surface area contributed by atoms with Crippen LogP contribution in [0.3, 0.4) is 0 Å². The molecule has 0 heterocycles. The van der Waals surface area contributed by atoms with Crippen LogP contribution in [0, 0.1) is 23.3 Å². The fraction of sp³-hybridized carbons (Fsp3) is 0.111. The minimum Gasteiger partial charge on any atom is -0.282 e. The summed E-state index contributed by atoms with van der Waals surface area (Å²) in [5.41, 5.74) is -1.44. The van der Waals surface area contributed by atoms with Crippen molar-refractivity contribution in [2.75, 3.05) is 0 Å². The highest BCUT2D eigenvalue weighted by atomic mass is 32.2. The predicted molar refractivity (Wildman–Crippen MR) is 50.8 cm³/mol. The van der Waals surface area contributed by atoms with Gasteiger partial charge in [0.05, 0.1) is 5.56 Å². The molecule has 0 bridgehead atoms. The van der Waals surface area contributed by atoms with Gasteiger partial charge >= 0.3 is 10.1 Å². The first-order chi connectivity index (χ1) is 7.59. The molecule has 17 heavy (non-hydrogen) atoms. The van der Waals surface area contributed by atoms with Crippen molar-refractivity contribution in [3.05, 3.63) is 35.4 Å². The largest absolute Gasteiger partial charge is 0.300 e. The monoisotopic (exact) mass is 270 g/mol. The molecule has 0 aliphatic rings. The van der Waals surface area contributed by atoms with Crippen molar-refractivity contribution in [3.8, 4) is 0 Å². The number of halogens is 4. The molecule has 1 N–H and O–H groups in total. The first-order valence-corrected chi connectivity index (χ1v) is 5.52. The molecule has 1 aromatic rings. The number of rotatable bonds is 2. The van der Waals surface area contributed by atoms with E-state index in [4.69, 9.17) is 4.55 Å². The van der Waals surface area contributed by atoms with Crippen molar-refractivity contribution in [2.24, 2.45) is 0 Å². The van der Waals surface area contributed by atoms with Crippen LogP contribution in [0.2, 0.25) is 0 Å². The van der Waals surface area contributed by atoms with Gasteiger partial charge in [-0.05, 0) is 12.5 Å². The summed E-state index contributed by atoms with van der Waals surface area (Å²) in [7, 11) is -5.41. The highest BCUT2D eigenvalue weighted by Gasteiger charge is 2.32. The van der Waals surface area contributed by atoms with Gasteiger partial charge in [0.15, 0.2) is 28.2 Å². The molecular formula is C9H6F4O3S. The van der Waals surface area contributed by atoms with Crippen LogP contribution < -0.4 is 0 Å². The normalized spacial score (nSPS) is 11.6. The molecule has 0 amide bonds. The van der Waals surface area contributed by atoms with Gasteiger partial charge < -0.3 is 0 Å². The summed E-state index contributed by atoms with van der Waals surface area (Å²) in [5, 5.41) is 0. The van der Waals surface area contributed by atoms with Crippen LogP contribution in [0.5, 0.6) is 0 Å². The Kier molecular flexibility index (Phi) is 3.30. The Morgan fingerprint density at radius 1 is 1.06 bits per heavy atom. The molecule has 0 atom stereocenters. The van der Waals surface area contributed by atoms with E-state index in [0.29, 0.717) is 0 Å². The van der Waals surface area contributed by atoms with E-state index >= 15 is 0 Å². The van der Waals surface area contributed by atoms with Crippen molar-refractivity contribution in [3.63, 3.8) is 0 Å². The average Bonchev–Trinajstić information content (AvgIpc) is 2.12. The molecular weight excluding hydrogens is 264 g/mol. The fourth-order valence-corrected chi connectivity index (χ4v) is 1.84. The molecule has 8 heteroatoms. The predicted octanol–water partition coefficient (Wildman–Crippen LogP) is 2.52. The van der Waals surface area contributed by atoms with E-state index in [9.17, 15) is 26.0 Å². The standard InChI is InChI=1S/C9H6F4O3S/c1-3(2)4-5(10)7(12)9(17(14,15)16)8(13)6(4)11/h1H2,2H3,(H,14,15,16). The van der Waals surface area contributed by atoms with E-state index in [2.05, 4.69) is 6.58 Å². The molecule has 0 aromatic heterocycles. The van der Waals surface area contributed by atoms with Gasteiger partial charge in [0.25, 0.3) is 0 Å². The minimum atomic E-state index is -5.41. The van der Waals surface area contributed by atoms with Crippen molar-refractivity contribution in [1.29, 1.82) is 0 Å². The molecule has 94 valence electrons. The summed E-state index contributed by atoms with van der Waals surface area (Å²) in [6.45, 7) is 4.17. The zero-order valence-electron chi connectivity index (χ0n) is 8.39. The van der Waals surface area contributed by atoms with Crippen LogP contribution in [0.25, 0.3) is 5.57 Å². The van der Waals surface area contributed by atoms with E-state index in [1.54, 1.807) is 0 Å². The SMILES string of the molecule is C=C(C)c1c(F)c(F)c(S(=O)(=O)O)c(F)c1F. The maximum Gasteiger partial charge on any atom is 0.300 e. The van der Waals surface area contributed by atoms with E-state index in [1.807, 2.05) is 0 Å². The van der Waals surface area contributed by atoms with Crippen molar-refractivity contribution in [1.82, 2.24) is 0 Å². The average molecular weight is 270 g/mol. The lowest BCUT2D eigenvalue weighted by atomic mass is 10.1. The highest BCUT2D eigenvalue weighted by Crippen LogP contribution is 2.30. The summed E-state index contributed by atoms with van der Waals surface area (Å²) in [6.07, 6.45) is 0. The third-order valence-corrected chi connectivity index (χ3v) is 2.78. The van der Waals surface area contributed by atoms with Gasteiger partial charge in [-0.1, -0.05) is 6.58 Å². The zero-order valence-corrected chi connectivity index (χ0v) is 9.21. The molecule has 1 rings (SSSR count). The number of hydrogen-bond donors (Lipinski definition) is 1. The molecule has 3 nitrogen and oxygen atoms in total. The molecule has 0 aliphatic heterocycles. The number of hydrogen-bond acceptors (Lipinski definition) is 2. The molecule has 0 spiro atoms. The van der Waals surface area contributed by atoms with Gasteiger partial charge in [-0.2, -0.15) is 8.42 Å². The Hall–Kier alpha value is -1.41. The second-order valence-corrected chi connectivity index (χ2v) is 4.57. The second-order valence-electron chi connectivity index (χ2n) is 3.22. The zero-order chi connectivity index (χ0) is 13.5. The third kappa shape index (κ3) is 2.18. The van der Waals surface area contributed by atoms with Crippen LogP contribution in [0.15, 0.2) is 11.5 Å². The summed E-state index contributed by atoms with van der Waals surface area (Å²) >= 11 is 0.